The molecule has 2 aromatic rings. The standard InChI is InChI=1S/C19H19Cl2NO3/c1-24-17-8-12-6-7-22(11-13(12)9-18(17)25-2)19(23)10-14-15(20)4-3-5-16(14)21/h3-5,8-9H,6-7,10-11H2,1-2H3. The van der Waals surface area contributed by atoms with Crippen molar-refractivity contribution in [3.05, 3.63) is 57.1 Å². The van der Waals surface area contributed by atoms with Crippen molar-refractivity contribution in [2.24, 2.45) is 0 Å². The second-order valence-corrected chi connectivity index (χ2v) is 6.73. The molecule has 1 aliphatic heterocycles. The molecule has 1 heterocycles. The summed E-state index contributed by atoms with van der Waals surface area (Å²) in [5.74, 6) is 1.39. The number of halogens is 2. The van der Waals surface area contributed by atoms with E-state index in [1.807, 2.05) is 17.0 Å². The van der Waals surface area contributed by atoms with Gasteiger partial charge in [0.05, 0.1) is 20.6 Å². The number of hydrogen-bond donors (Lipinski definition) is 0. The van der Waals surface area contributed by atoms with Crippen molar-refractivity contribution in [1.82, 2.24) is 4.90 Å². The minimum Gasteiger partial charge on any atom is -0.493 e. The summed E-state index contributed by atoms with van der Waals surface area (Å²) in [6.45, 7) is 1.19. The molecule has 1 aliphatic rings. The van der Waals surface area contributed by atoms with E-state index < -0.39 is 0 Å². The molecular formula is C19H19Cl2NO3. The maximum absolute atomic E-state index is 12.7. The van der Waals surface area contributed by atoms with Crippen LogP contribution >= 0.6 is 23.2 Å². The van der Waals surface area contributed by atoms with Gasteiger partial charge in [-0.05, 0) is 47.4 Å². The first-order chi connectivity index (χ1) is 12.0. The zero-order valence-electron chi connectivity index (χ0n) is 14.1. The zero-order chi connectivity index (χ0) is 18.0. The molecule has 0 bridgehead atoms. The molecule has 132 valence electrons. The van der Waals surface area contributed by atoms with Gasteiger partial charge in [0.15, 0.2) is 11.5 Å². The Morgan fingerprint density at radius 1 is 1.08 bits per heavy atom. The van der Waals surface area contributed by atoms with Crippen LogP contribution in [0.3, 0.4) is 0 Å². The minimum absolute atomic E-state index is 0.00966. The average molecular weight is 380 g/mol. The van der Waals surface area contributed by atoms with Gasteiger partial charge in [0, 0.05) is 23.1 Å². The predicted octanol–water partition coefficient (Wildman–Crippen LogP) is 4.14. The van der Waals surface area contributed by atoms with E-state index in [-0.39, 0.29) is 12.3 Å². The fourth-order valence-corrected chi connectivity index (χ4v) is 3.59. The molecule has 6 heteroatoms. The van der Waals surface area contributed by atoms with Crippen molar-refractivity contribution in [3.63, 3.8) is 0 Å². The number of carbonyl (C=O) groups is 1. The highest BCUT2D eigenvalue weighted by Crippen LogP contribution is 2.33. The van der Waals surface area contributed by atoms with Crippen LogP contribution in [0.25, 0.3) is 0 Å². The Kier molecular flexibility index (Phi) is 5.40. The lowest BCUT2D eigenvalue weighted by atomic mass is 9.98. The van der Waals surface area contributed by atoms with Crippen molar-refractivity contribution < 1.29 is 14.3 Å². The van der Waals surface area contributed by atoms with E-state index in [0.29, 0.717) is 40.2 Å². The molecule has 0 saturated heterocycles. The first-order valence-corrected chi connectivity index (χ1v) is 8.73. The van der Waals surface area contributed by atoms with Gasteiger partial charge in [-0.1, -0.05) is 29.3 Å². The lowest BCUT2D eigenvalue weighted by Gasteiger charge is -2.30. The van der Waals surface area contributed by atoms with Crippen LogP contribution in [-0.2, 0) is 24.2 Å². The van der Waals surface area contributed by atoms with E-state index in [4.69, 9.17) is 32.7 Å². The van der Waals surface area contributed by atoms with Crippen LogP contribution < -0.4 is 9.47 Å². The topological polar surface area (TPSA) is 38.8 Å². The van der Waals surface area contributed by atoms with Gasteiger partial charge in [0.1, 0.15) is 0 Å². The van der Waals surface area contributed by atoms with Crippen LogP contribution in [0.2, 0.25) is 10.0 Å². The molecule has 0 atom stereocenters. The summed E-state index contributed by atoms with van der Waals surface area (Å²) in [6, 6.07) is 9.20. The SMILES string of the molecule is COc1cc2c(cc1OC)CN(C(=O)Cc1c(Cl)cccc1Cl)CC2. The van der Waals surface area contributed by atoms with Crippen LogP contribution in [0.15, 0.2) is 30.3 Å². The molecule has 0 aromatic heterocycles. The second kappa shape index (κ2) is 7.54. The predicted molar refractivity (Wildman–Crippen MR) is 98.8 cm³/mol. The van der Waals surface area contributed by atoms with Crippen molar-refractivity contribution in [3.8, 4) is 11.5 Å². The Morgan fingerprint density at radius 2 is 1.68 bits per heavy atom. The van der Waals surface area contributed by atoms with Crippen molar-refractivity contribution >= 4 is 29.1 Å². The van der Waals surface area contributed by atoms with Gasteiger partial charge in [-0.2, -0.15) is 0 Å². The maximum atomic E-state index is 12.7. The van der Waals surface area contributed by atoms with Crippen LogP contribution in [0, 0.1) is 0 Å². The average Bonchev–Trinajstić information content (AvgIpc) is 2.62. The van der Waals surface area contributed by atoms with E-state index in [9.17, 15) is 4.79 Å². The first-order valence-electron chi connectivity index (χ1n) is 7.98. The third-order valence-corrected chi connectivity index (χ3v) is 5.17. The van der Waals surface area contributed by atoms with Crippen molar-refractivity contribution in [2.45, 2.75) is 19.4 Å². The molecular weight excluding hydrogens is 361 g/mol. The molecule has 0 N–H and O–H groups in total. The number of nitrogens with zero attached hydrogens (tertiary/aromatic N) is 1. The highest BCUT2D eigenvalue weighted by atomic mass is 35.5. The van der Waals surface area contributed by atoms with Gasteiger partial charge in [0.25, 0.3) is 0 Å². The van der Waals surface area contributed by atoms with Gasteiger partial charge in [-0.25, -0.2) is 0 Å². The minimum atomic E-state index is 0.00966. The number of benzene rings is 2. The number of amides is 1. The summed E-state index contributed by atoms with van der Waals surface area (Å²) in [5, 5.41) is 1.04. The molecule has 0 spiro atoms. The fourth-order valence-electron chi connectivity index (χ4n) is 3.06. The summed E-state index contributed by atoms with van der Waals surface area (Å²) in [6.07, 6.45) is 0.971. The quantitative estimate of drug-likeness (QED) is 0.801. The van der Waals surface area contributed by atoms with Gasteiger partial charge >= 0.3 is 0 Å². The Hall–Kier alpha value is -1.91. The molecule has 1 amide bonds. The number of fused-ring (bicyclic) bond motifs is 1. The third-order valence-electron chi connectivity index (χ3n) is 4.46. The highest BCUT2D eigenvalue weighted by molar-refractivity contribution is 6.36. The maximum Gasteiger partial charge on any atom is 0.227 e. The van der Waals surface area contributed by atoms with E-state index in [0.717, 1.165) is 12.0 Å². The van der Waals surface area contributed by atoms with E-state index >= 15 is 0 Å². The molecule has 3 rings (SSSR count). The molecule has 0 radical (unpaired) electrons. The third kappa shape index (κ3) is 3.70. The molecule has 0 fully saturated rings. The Labute approximate surface area is 157 Å². The van der Waals surface area contributed by atoms with Gasteiger partial charge < -0.3 is 14.4 Å². The summed E-state index contributed by atoms with van der Waals surface area (Å²) < 4.78 is 10.7. The number of carbonyl (C=O) groups excluding carboxylic acids is 1. The summed E-state index contributed by atoms with van der Waals surface area (Å²) in [4.78, 5) is 14.5. The Balaban J connectivity index is 1.79. The Bertz CT molecular complexity index is 787. The highest BCUT2D eigenvalue weighted by Gasteiger charge is 2.24. The monoisotopic (exact) mass is 379 g/mol. The molecule has 4 nitrogen and oxygen atoms in total. The normalized spacial score (nSPS) is 13.4. The summed E-state index contributed by atoms with van der Waals surface area (Å²) in [7, 11) is 3.23. The largest absolute Gasteiger partial charge is 0.493 e. The van der Waals surface area contributed by atoms with Gasteiger partial charge in [0.2, 0.25) is 5.91 Å². The van der Waals surface area contributed by atoms with Crippen molar-refractivity contribution in [1.29, 1.82) is 0 Å². The Morgan fingerprint density at radius 3 is 2.28 bits per heavy atom. The number of rotatable bonds is 4. The van der Waals surface area contributed by atoms with Crippen LogP contribution in [-0.4, -0.2) is 31.6 Å². The fraction of sp³-hybridized carbons (Fsp3) is 0.316. The molecule has 2 aromatic carbocycles. The van der Waals surface area contributed by atoms with Crippen molar-refractivity contribution in [2.75, 3.05) is 20.8 Å². The van der Waals surface area contributed by atoms with E-state index in [1.54, 1.807) is 32.4 Å². The van der Waals surface area contributed by atoms with Gasteiger partial charge in [-0.3, -0.25) is 4.79 Å². The first kappa shape index (κ1) is 17.9. The number of methoxy groups -OCH3 is 2. The molecule has 0 saturated carbocycles. The summed E-state index contributed by atoms with van der Waals surface area (Å²) >= 11 is 12.4. The summed E-state index contributed by atoms with van der Waals surface area (Å²) in [5.41, 5.74) is 2.92. The zero-order valence-corrected chi connectivity index (χ0v) is 15.7. The van der Waals surface area contributed by atoms with E-state index in [1.165, 1.54) is 5.56 Å². The lowest BCUT2D eigenvalue weighted by molar-refractivity contribution is -0.131. The van der Waals surface area contributed by atoms with Gasteiger partial charge in [-0.15, -0.1) is 0 Å². The molecule has 0 aliphatic carbocycles. The number of hydrogen-bond acceptors (Lipinski definition) is 3. The van der Waals surface area contributed by atoms with Crippen LogP contribution in [0.5, 0.6) is 11.5 Å². The lowest BCUT2D eigenvalue weighted by Crippen LogP contribution is -2.37. The second-order valence-electron chi connectivity index (χ2n) is 5.92. The van der Waals surface area contributed by atoms with Crippen LogP contribution in [0.4, 0.5) is 0 Å². The molecule has 25 heavy (non-hydrogen) atoms. The number of ether oxygens (including phenoxy) is 2. The smallest absolute Gasteiger partial charge is 0.227 e. The van der Waals surface area contributed by atoms with Crippen LogP contribution in [0.1, 0.15) is 16.7 Å². The molecule has 0 unspecified atom stereocenters. The van der Waals surface area contributed by atoms with E-state index in [2.05, 4.69) is 0 Å².